The first-order valence-corrected chi connectivity index (χ1v) is 10.3. The summed E-state index contributed by atoms with van der Waals surface area (Å²) in [6, 6.07) is 14.6. The summed E-state index contributed by atoms with van der Waals surface area (Å²) >= 11 is 0. The summed E-state index contributed by atoms with van der Waals surface area (Å²) in [5, 5.41) is 8.71. The van der Waals surface area contributed by atoms with E-state index in [1.54, 1.807) is 0 Å². The van der Waals surface area contributed by atoms with Crippen LogP contribution in [0.2, 0.25) is 0 Å². The van der Waals surface area contributed by atoms with Gasteiger partial charge in [-0.2, -0.15) is 15.1 Å². The highest BCUT2D eigenvalue weighted by Crippen LogP contribution is 2.36. The molecule has 0 spiro atoms. The summed E-state index contributed by atoms with van der Waals surface area (Å²) in [4.78, 5) is 20.9. The van der Waals surface area contributed by atoms with E-state index in [1.165, 1.54) is 5.69 Å². The van der Waals surface area contributed by atoms with Crippen molar-refractivity contribution in [3.63, 3.8) is 0 Å². The van der Waals surface area contributed by atoms with Gasteiger partial charge in [0.15, 0.2) is 5.65 Å². The van der Waals surface area contributed by atoms with Crippen LogP contribution in [0.5, 0.6) is 0 Å². The van der Waals surface area contributed by atoms with Gasteiger partial charge >= 0.3 is 0 Å². The van der Waals surface area contributed by atoms with E-state index < -0.39 is 0 Å². The average molecular weight is 398 g/mol. The highest BCUT2D eigenvalue weighted by molar-refractivity contribution is 5.94. The minimum atomic E-state index is 0.752. The molecule has 1 fully saturated rings. The molecule has 0 saturated carbocycles. The molecule has 0 aliphatic carbocycles. The number of para-hydroxylation sites is 1. The first-order chi connectivity index (χ1) is 14.9. The zero-order valence-corrected chi connectivity index (χ0v) is 16.6. The third-order valence-corrected chi connectivity index (χ3v) is 5.96. The molecular formula is C22H22N8. The molecule has 0 unspecified atom stereocenters. The number of rotatable bonds is 3. The fraction of sp³-hybridized carbons (Fsp3) is 0.273. The largest absolute Gasteiger partial charge is 0.368 e. The number of H-pyrrole nitrogens is 1. The normalized spacial score (nSPS) is 16.3. The molecule has 5 heterocycles. The lowest BCUT2D eigenvalue weighted by Gasteiger charge is -2.36. The molecule has 8 nitrogen and oxygen atoms in total. The van der Waals surface area contributed by atoms with Crippen molar-refractivity contribution in [1.82, 2.24) is 25.1 Å². The van der Waals surface area contributed by atoms with Crippen molar-refractivity contribution in [1.29, 1.82) is 0 Å². The van der Waals surface area contributed by atoms with E-state index in [9.17, 15) is 0 Å². The molecule has 1 saturated heterocycles. The minimum absolute atomic E-state index is 0.752. The second-order valence-corrected chi connectivity index (χ2v) is 7.66. The lowest BCUT2D eigenvalue weighted by Crippen LogP contribution is -2.47. The van der Waals surface area contributed by atoms with E-state index in [0.717, 1.165) is 73.3 Å². The molecule has 2 aliphatic heterocycles. The van der Waals surface area contributed by atoms with Gasteiger partial charge in [-0.25, -0.2) is 0 Å². The third kappa shape index (κ3) is 2.83. The Morgan fingerprint density at radius 3 is 2.33 bits per heavy atom. The van der Waals surface area contributed by atoms with Crippen molar-refractivity contribution in [2.75, 3.05) is 47.4 Å². The van der Waals surface area contributed by atoms with Crippen molar-refractivity contribution in [2.45, 2.75) is 6.42 Å². The molecule has 1 N–H and O–H groups in total. The van der Waals surface area contributed by atoms with Crippen molar-refractivity contribution in [2.24, 2.45) is 0 Å². The van der Waals surface area contributed by atoms with Crippen LogP contribution in [0.4, 0.5) is 23.1 Å². The minimum Gasteiger partial charge on any atom is -0.368 e. The Morgan fingerprint density at radius 1 is 0.767 bits per heavy atom. The predicted octanol–water partition coefficient (Wildman–Crippen LogP) is 2.77. The van der Waals surface area contributed by atoms with Crippen LogP contribution < -0.4 is 14.7 Å². The van der Waals surface area contributed by atoms with Crippen LogP contribution >= 0.6 is 0 Å². The van der Waals surface area contributed by atoms with Gasteiger partial charge in [0, 0.05) is 62.9 Å². The smallest absolute Gasteiger partial charge is 0.229 e. The molecule has 150 valence electrons. The summed E-state index contributed by atoms with van der Waals surface area (Å²) in [5.74, 6) is 1.71. The fourth-order valence-corrected chi connectivity index (χ4v) is 4.38. The molecule has 0 radical (unpaired) electrons. The number of hydrogen-bond acceptors (Lipinski definition) is 7. The maximum atomic E-state index is 5.04. The molecule has 30 heavy (non-hydrogen) atoms. The van der Waals surface area contributed by atoms with E-state index in [1.807, 2.05) is 18.5 Å². The number of benzene rings is 1. The number of aromatic amines is 1. The Bertz CT molecular complexity index is 1170. The van der Waals surface area contributed by atoms with Crippen LogP contribution in [0.25, 0.3) is 11.0 Å². The second-order valence-electron chi connectivity index (χ2n) is 7.66. The van der Waals surface area contributed by atoms with Gasteiger partial charge in [-0.15, -0.1) is 0 Å². The summed E-state index contributed by atoms with van der Waals surface area (Å²) in [7, 11) is 0. The van der Waals surface area contributed by atoms with Crippen LogP contribution in [0.3, 0.4) is 0 Å². The van der Waals surface area contributed by atoms with E-state index in [4.69, 9.17) is 9.97 Å². The first kappa shape index (κ1) is 17.2. The molecular weight excluding hydrogens is 376 g/mol. The van der Waals surface area contributed by atoms with Gasteiger partial charge in [0.1, 0.15) is 5.82 Å². The Balaban J connectivity index is 1.33. The molecule has 1 aromatic carbocycles. The summed E-state index contributed by atoms with van der Waals surface area (Å²) in [5.41, 5.74) is 4.24. The number of anilines is 4. The Morgan fingerprint density at radius 2 is 1.53 bits per heavy atom. The first-order valence-electron chi connectivity index (χ1n) is 10.3. The van der Waals surface area contributed by atoms with Gasteiger partial charge in [0.25, 0.3) is 0 Å². The third-order valence-electron chi connectivity index (χ3n) is 5.96. The highest BCUT2D eigenvalue weighted by atomic mass is 15.4. The van der Waals surface area contributed by atoms with Crippen LogP contribution in [-0.4, -0.2) is 57.9 Å². The SMILES string of the molecule is c1ccc(N2CCc3[nH]nc4nc(N5CCN(c6ccncc6)CC5)nc2c34)cc1. The van der Waals surface area contributed by atoms with Crippen LogP contribution in [0, 0.1) is 0 Å². The van der Waals surface area contributed by atoms with E-state index in [-0.39, 0.29) is 0 Å². The zero-order valence-electron chi connectivity index (χ0n) is 16.6. The maximum absolute atomic E-state index is 5.04. The van der Waals surface area contributed by atoms with Gasteiger partial charge in [-0.1, -0.05) is 18.2 Å². The van der Waals surface area contributed by atoms with Gasteiger partial charge in [-0.05, 0) is 24.3 Å². The Labute approximate surface area is 174 Å². The van der Waals surface area contributed by atoms with Crippen molar-refractivity contribution < 1.29 is 0 Å². The predicted molar refractivity (Wildman–Crippen MR) is 117 cm³/mol. The Kier molecular flexibility index (Phi) is 4.00. The van der Waals surface area contributed by atoms with Gasteiger partial charge < -0.3 is 14.7 Å². The Hall–Kier alpha value is -3.68. The zero-order chi connectivity index (χ0) is 19.9. The highest BCUT2D eigenvalue weighted by Gasteiger charge is 2.28. The fourth-order valence-electron chi connectivity index (χ4n) is 4.38. The molecule has 6 rings (SSSR count). The molecule has 3 aromatic heterocycles. The van der Waals surface area contributed by atoms with Crippen LogP contribution in [-0.2, 0) is 6.42 Å². The number of aromatic nitrogens is 5. The van der Waals surface area contributed by atoms with E-state index in [0.29, 0.717) is 0 Å². The lowest BCUT2D eigenvalue weighted by atomic mass is 10.1. The van der Waals surface area contributed by atoms with Gasteiger partial charge in [0.2, 0.25) is 5.95 Å². The molecule has 8 heteroatoms. The molecule has 0 atom stereocenters. The lowest BCUT2D eigenvalue weighted by molar-refractivity contribution is 0.640. The number of pyridine rings is 1. The maximum Gasteiger partial charge on any atom is 0.229 e. The van der Waals surface area contributed by atoms with Crippen molar-refractivity contribution in [3.8, 4) is 0 Å². The van der Waals surface area contributed by atoms with E-state index >= 15 is 0 Å². The number of nitrogens with zero attached hydrogens (tertiary/aromatic N) is 7. The topological polar surface area (TPSA) is 77.1 Å². The quantitative estimate of drug-likeness (QED) is 0.569. The standard InChI is InChI=1S/C22H22N8/c1-2-4-17(5-3-1)30-11-8-18-19-20(27-26-18)24-22(25-21(19)30)29-14-12-28(13-15-29)16-6-9-23-10-7-16/h1-7,9-10H,8,11-15H2,(H,24,25,26,27). The van der Waals surface area contributed by atoms with Crippen molar-refractivity contribution >= 4 is 34.2 Å². The molecule has 2 aliphatic rings. The molecule has 0 bridgehead atoms. The number of piperazine rings is 1. The van der Waals surface area contributed by atoms with Gasteiger partial charge in [-0.3, -0.25) is 10.1 Å². The average Bonchev–Trinajstić information content (AvgIpc) is 3.25. The van der Waals surface area contributed by atoms with Gasteiger partial charge in [0.05, 0.1) is 11.1 Å². The number of hydrogen-bond donors (Lipinski definition) is 1. The summed E-state index contributed by atoms with van der Waals surface area (Å²) in [6.07, 6.45) is 4.60. The molecule has 4 aromatic rings. The van der Waals surface area contributed by atoms with Crippen molar-refractivity contribution in [3.05, 3.63) is 60.6 Å². The summed E-state index contributed by atoms with van der Waals surface area (Å²) in [6.45, 7) is 4.47. The van der Waals surface area contributed by atoms with E-state index in [2.05, 4.69) is 66.3 Å². The molecule has 0 amide bonds. The monoisotopic (exact) mass is 398 g/mol. The number of nitrogens with one attached hydrogen (secondary N) is 1. The van der Waals surface area contributed by atoms with Crippen LogP contribution in [0.1, 0.15) is 5.69 Å². The van der Waals surface area contributed by atoms with Crippen LogP contribution in [0.15, 0.2) is 54.9 Å². The summed E-state index contributed by atoms with van der Waals surface area (Å²) < 4.78 is 0. The second kappa shape index (κ2) is 6.98.